The number of fused-ring (bicyclic) bond motifs is 1. The van der Waals surface area contributed by atoms with E-state index in [1.165, 1.54) is 5.56 Å². The highest BCUT2D eigenvalue weighted by Gasteiger charge is 2.40. The van der Waals surface area contributed by atoms with E-state index < -0.39 is 5.60 Å². The minimum absolute atomic E-state index is 0.0458. The van der Waals surface area contributed by atoms with Gasteiger partial charge in [0.2, 0.25) is 5.78 Å². The van der Waals surface area contributed by atoms with Crippen LogP contribution in [0.3, 0.4) is 0 Å². The Kier molecular flexibility index (Phi) is 1.96. The number of rotatable bonds is 0. The van der Waals surface area contributed by atoms with Gasteiger partial charge in [0.25, 0.3) is 0 Å². The van der Waals surface area contributed by atoms with Crippen molar-refractivity contribution in [2.24, 2.45) is 0 Å². The molecule has 1 aromatic rings. The van der Waals surface area contributed by atoms with Crippen LogP contribution >= 0.6 is 0 Å². The number of benzene rings is 1. The summed E-state index contributed by atoms with van der Waals surface area (Å²) in [5.41, 5.74) is 0.437. The van der Waals surface area contributed by atoms with Gasteiger partial charge in [-0.25, -0.2) is 0 Å². The Labute approximate surface area is 94.2 Å². The highest BCUT2D eigenvalue weighted by Crippen LogP contribution is 2.35. The van der Waals surface area contributed by atoms with Crippen molar-refractivity contribution < 1.29 is 9.53 Å². The number of hydrogen-bond donors (Lipinski definition) is 0. The van der Waals surface area contributed by atoms with Gasteiger partial charge in [0.1, 0.15) is 5.75 Å². The Hall–Kier alpha value is -1.83. The molecule has 0 N–H and O–H groups in total. The van der Waals surface area contributed by atoms with Gasteiger partial charge in [-0.2, -0.15) is 0 Å². The Morgan fingerprint density at radius 1 is 1.19 bits per heavy atom. The van der Waals surface area contributed by atoms with Crippen LogP contribution in [0.1, 0.15) is 12.0 Å². The highest BCUT2D eigenvalue weighted by atomic mass is 16.5. The fourth-order valence-corrected chi connectivity index (χ4v) is 2.25. The van der Waals surface area contributed by atoms with Crippen LogP contribution in [-0.4, -0.2) is 11.4 Å². The van der Waals surface area contributed by atoms with E-state index in [9.17, 15) is 4.79 Å². The zero-order valence-corrected chi connectivity index (χ0v) is 8.85. The number of para-hydroxylation sites is 1. The Balaban J connectivity index is 2.01. The standard InChI is InChI=1S/C14H12O2/c15-13-7-3-4-9-14(13)10-8-11-5-1-2-6-12(11)16-14/h1-7,9H,8,10H2. The predicted molar refractivity (Wildman–Crippen MR) is 61.4 cm³/mol. The molecule has 2 aliphatic rings. The molecule has 16 heavy (non-hydrogen) atoms. The maximum absolute atomic E-state index is 11.9. The molecule has 0 saturated carbocycles. The highest BCUT2D eigenvalue weighted by molar-refractivity contribution is 6.00. The van der Waals surface area contributed by atoms with E-state index in [4.69, 9.17) is 4.74 Å². The lowest BCUT2D eigenvalue weighted by Crippen LogP contribution is -2.45. The van der Waals surface area contributed by atoms with E-state index in [0.29, 0.717) is 0 Å². The van der Waals surface area contributed by atoms with Crippen molar-refractivity contribution >= 4 is 5.78 Å². The van der Waals surface area contributed by atoms with E-state index in [2.05, 4.69) is 6.07 Å². The zero-order valence-electron chi connectivity index (χ0n) is 8.85. The number of allylic oxidation sites excluding steroid dienone is 2. The molecule has 0 bridgehead atoms. The Bertz CT molecular complexity index is 499. The van der Waals surface area contributed by atoms with Crippen molar-refractivity contribution in [3.63, 3.8) is 0 Å². The molecule has 1 aliphatic heterocycles. The minimum Gasteiger partial charge on any atom is -0.475 e. The average Bonchev–Trinajstić information content (AvgIpc) is 2.33. The molecule has 2 heteroatoms. The van der Waals surface area contributed by atoms with E-state index in [0.717, 1.165) is 18.6 Å². The van der Waals surface area contributed by atoms with Crippen molar-refractivity contribution in [3.8, 4) is 5.75 Å². The molecule has 1 spiro atoms. The van der Waals surface area contributed by atoms with Gasteiger partial charge in [0, 0.05) is 6.42 Å². The molecule has 1 unspecified atom stereocenters. The van der Waals surface area contributed by atoms with Crippen LogP contribution in [0.4, 0.5) is 0 Å². The topological polar surface area (TPSA) is 26.3 Å². The number of aryl methyl sites for hydroxylation is 1. The first-order valence-corrected chi connectivity index (χ1v) is 5.47. The third kappa shape index (κ3) is 1.30. The monoisotopic (exact) mass is 212 g/mol. The second kappa shape index (κ2) is 3.34. The summed E-state index contributed by atoms with van der Waals surface area (Å²) in [6.07, 6.45) is 8.72. The van der Waals surface area contributed by atoms with Gasteiger partial charge < -0.3 is 4.74 Å². The van der Waals surface area contributed by atoms with Crippen LogP contribution < -0.4 is 4.74 Å². The Morgan fingerprint density at radius 2 is 2.06 bits per heavy atom. The fourth-order valence-electron chi connectivity index (χ4n) is 2.25. The summed E-state index contributed by atoms with van der Waals surface area (Å²) in [6.45, 7) is 0. The minimum atomic E-state index is -0.747. The lowest BCUT2D eigenvalue weighted by Gasteiger charge is -2.35. The summed E-state index contributed by atoms with van der Waals surface area (Å²) < 4.78 is 5.89. The first-order chi connectivity index (χ1) is 7.80. The maximum atomic E-state index is 11.9. The molecule has 0 radical (unpaired) electrons. The largest absolute Gasteiger partial charge is 0.475 e. The quantitative estimate of drug-likeness (QED) is 0.660. The molecule has 1 aromatic carbocycles. The zero-order chi connectivity index (χ0) is 11.0. The maximum Gasteiger partial charge on any atom is 0.203 e. The number of ether oxygens (including phenoxy) is 1. The molecule has 1 atom stereocenters. The molecule has 2 nitrogen and oxygen atoms in total. The first kappa shape index (κ1) is 9.40. The lowest BCUT2D eigenvalue weighted by molar-refractivity contribution is -0.127. The fraction of sp³-hybridized carbons (Fsp3) is 0.214. The van der Waals surface area contributed by atoms with Crippen LogP contribution in [-0.2, 0) is 11.2 Å². The van der Waals surface area contributed by atoms with Crippen molar-refractivity contribution in [2.45, 2.75) is 18.4 Å². The molecule has 80 valence electrons. The van der Waals surface area contributed by atoms with E-state index in [1.54, 1.807) is 12.2 Å². The third-order valence-electron chi connectivity index (χ3n) is 3.17. The van der Waals surface area contributed by atoms with E-state index >= 15 is 0 Å². The second-order valence-corrected chi connectivity index (χ2v) is 4.18. The molecule has 1 heterocycles. The molecule has 1 aliphatic carbocycles. The van der Waals surface area contributed by atoms with Gasteiger partial charge in [-0.05, 0) is 30.2 Å². The predicted octanol–water partition coefficient (Wildman–Crippen LogP) is 2.45. The van der Waals surface area contributed by atoms with Gasteiger partial charge in [0.15, 0.2) is 5.60 Å². The Morgan fingerprint density at radius 3 is 2.94 bits per heavy atom. The summed E-state index contributed by atoms with van der Waals surface area (Å²) >= 11 is 0. The van der Waals surface area contributed by atoms with Crippen molar-refractivity contribution in [2.75, 3.05) is 0 Å². The second-order valence-electron chi connectivity index (χ2n) is 4.18. The van der Waals surface area contributed by atoms with Gasteiger partial charge in [-0.1, -0.05) is 30.4 Å². The lowest BCUT2D eigenvalue weighted by atomic mass is 9.85. The van der Waals surface area contributed by atoms with Crippen LogP contribution in [0.15, 0.2) is 48.6 Å². The molecular weight excluding hydrogens is 200 g/mol. The number of hydrogen-bond acceptors (Lipinski definition) is 2. The van der Waals surface area contributed by atoms with Gasteiger partial charge in [-0.3, -0.25) is 4.79 Å². The summed E-state index contributed by atoms with van der Waals surface area (Å²) in [7, 11) is 0. The molecular formula is C14H12O2. The van der Waals surface area contributed by atoms with E-state index in [-0.39, 0.29) is 5.78 Å². The first-order valence-electron chi connectivity index (χ1n) is 5.47. The van der Waals surface area contributed by atoms with Crippen LogP contribution in [0, 0.1) is 0 Å². The SMILES string of the molecule is O=C1C=CC=CC12CCc1ccccc1O2. The number of carbonyl (C=O) groups excluding carboxylic acids is 1. The summed E-state index contributed by atoms with van der Waals surface area (Å²) in [6, 6.07) is 7.91. The average molecular weight is 212 g/mol. The van der Waals surface area contributed by atoms with Gasteiger partial charge in [0.05, 0.1) is 0 Å². The molecule has 3 rings (SSSR count). The normalized spacial score (nSPS) is 26.6. The summed E-state index contributed by atoms with van der Waals surface area (Å²) in [5.74, 6) is 0.881. The van der Waals surface area contributed by atoms with Gasteiger partial charge >= 0.3 is 0 Å². The molecule has 0 amide bonds. The van der Waals surface area contributed by atoms with Crippen LogP contribution in [0.2, 0.25) is 0 Å². The molecule has 0 saturated heterocycles. The van der Waals surface area contributed by atoms with Crippen molar-refractivity contribution in [3.05, 3.63) is 54.1 Å². The summed E-state index contributed by atoms with van der Waals surface area (Å²) in [4.78, 5) is 11.9. The summed E-state index contributed by atoms with van der Waals surface area (Å²) in [5, 5.41) is 0. The van der Waals surface area contributed by atoms with Gasteiger partial charge in [-0.15, -0.1) is 0 Å². The number of ketones is 1. The molecule has 0 fully saturated rings. The smallest absolute Gasteiger partial charge is 0.203 e. The van der Waals surface area contributed by atoms with Crippen molar-refractivity contribution in [1.82, 2.24) is 0 Å². The molecule has 0 aromatic heterocycles. The number of carbonyl (C=O) groups is 1. The van der Waals surface area contributed by atoms with Crippen LogP contribution in [0.5, 0.6) is 5.75 Å². The van der Waals surface area contributed by atoms with Crippen LogP contribution in [0.25, 0.3) is 0 Å². The van der Waals surface area contributed by atoms with E-state index in [1.807, 2.05) is 30.4 Å². The van der Waals surface area contributed by atoms with Crippen molar-refractivity contribution in [1.29, 1.82) is 0 Å². The third-order valence-corrected chi connectivity index (χ3v) is 3.17.